The van der Waals surface area contributed by atoms with E-state index < -0.39 is 0 Å². The fourth-order valence-electron chi connectivity index (χ4n) is 2.40. The molecule has 1 atom stereocenters. The normalized spacial score (nSPS) is 12.3. The Morgan fingerprint density at radius 1 is 0.895 bits per heavy atom. The second-order valence-electron chi connectivity index (χ2n) is 5.15. The molecule has 2 aromatic carbocycles. The van der Waals surface area contributed by atoms with Crippen LogP contribution in [0.2, 0.25) is 0 Å². The van der Waals surface area contributed by atoms with E-state index in [0.717, 1.165) is 19.3 Å². The summed E-state index contributed by atoms with van der Waals surface area (Å²) >= 11 is 0. The fraction of sp³-hybridized carbons (Fsp3) is 0.333. The van der Waals surface area contributed by atoms with Gasteiger partial charge in [-0.25, -0.2) is 0 Å². The highest BCUT2D eigenvalue weighted by Gasteiger charge is 2.03. The number of aryl methyl sites for hydroxylation is 1. The van der Waals surface area contributed by atoms with Gasteiger partial charge < -0.3 is 5.73 Å². The Hall–Kier alpha value is -1.60. The highest BCUT2D eigenvalue weighted by molar-refractivity contribution is 5.63. The summed E-state index contributed by atoms with van der Waals surface area (Å²) in [5.74, 6) is 0. The fourth-order valence-corrected chi connectivity index (χ4v) is 2.40. The predicted octanol–water partition coefficient (Wildman–Crippen LogP) is 4.41. The van der Waals surface area contributed by atoms with Crippen molar-refractivity contribution in [3.8, 4) is 11.1 Å². The zero-order chi connectivity index (χ0) is 13.5. The molecule has 0 amide bonds. The van der Waals surface area contributed by atoms with Crippen LogP contribution in [0.15, 0.2) is 54.6 Å². The summed E-state index contributed by atoms with van der Waals surface area (Å²) < 4.78 is 0. The molecule has 0 saturated carbocycles. The van der Waals surface area contributed by atoms with Crippen molar-refractivity contribution in [2.75, 3.05) is 0 Å². The minimum absolute atomic E-state index is 0.338. The van der Waals surface area contributed by atoms with Gasteiger partial charge in [0.1, 0.15) is 0 Å². The van der Waals surface area contributed by atoms with Gasteiger partial charge in [0.15, 0.2) is 0 Å². The minimum Gasteiger partial charge on any atom is -0.328 e. The highest BCUT2D eigenvalue weighted by Crippen LogP contribution is 2.20. The van der Waals surface area contributed by atoms with E-state index in [0.29, 0.717) is 6.04 Å². The number of hydrogen-bond donors (Lipinski definition) is 1. The summed E-state index contributed by atoms with van der Waals surface area (Å²) in [7, 11) is 0. The molecule has 0 saturated heterocycles. The smallest absolute Gasteiger partial charge is 0.00418 e. The molecule has 2 N–H and O–H groups in total. The van der Waals surface area contributed by atoms with E-state index in [2.05, 4.69) is 61.5 Å². The maximum atomic E-state index is 6.08. The van der Waals surface area contributed by atoms with Crippen molar-refractivity contribution < 1.29 is 0 Å². The molecule has 0 aliphatic carbocycles. The second kappa shape index (κ2) is 7.10. The Morgan fingerprint density at radius 2 is 1.63 bits per heavy atom. The molecule has 0 aliphatic heterocycles. The lowest BCUT2D eigenvalue weighted by Gasteiger charge is -2.10. The van der Waals surface area contributed by atoms with Crippen LogP contribution in [-0.4, -0.2) is 6.04 Å². The van der Waals surface area contributed by atoms with E-state index in [1.807, 2.05) is 0 Å². The third-order valence-electron chi connectivity index (χ3n) is 3.50. The molecule has 1 nitrogen and oxygen atoms in total. The van der Waals surface area contributed by atoms with Crippen LogP contribution in [0.3, 0.4) is 0 Å². The van der Waals surface area contributed by atoms with Crippen LogP contribution in [0.25, 0.3) is 11.1 Å². The van der Waals surface area contributed by atoms with Crippen molar-refractivity contribution in [3.05, 3.63) is 60.2 Å². The molecule has 2 rings (SSSR count). The molecule has 0 spiro atoms. The topological polar surface area (TPSA) is 26.0 Å². The van der Waals surface area contributed by atoms with E-state index in [4.69, 9.17) is 5.73 Å². The van der Waals surface area contributed by atoms with Gasteiger partial charge in [0.2, 0.25) is 0 Å². The van der Waals surface area contributed by atoms with Gasteiger partial charge in [-0.2, -0.15) is 0 Å². The summed E-state index contributed by atoms with van der Waals surface area (Å²) in [5, 5.41) is 0. The molecule has 1 heteroatoms. The van der Waals surface area contributed by atoms with Gasteiger partial charge in [-0.3, -0.25) is 0 Å². The summed E-state index contributed by atoms with van der Waals surface area (Å²) in [4.78, 5) is 0. The lowest BCUT2D eigenvalue weighted by molar-refractivity contribution is 0.561. The SMILES string of the molecule is CCCC(N)CCc1cccc(-c2ccccc2)c1. The van der Waals surface area contributed by atoms with E-state index in [1.54, 1.807) is 0 Å². The molecule has 0 fully saturated rings. The first-order chi connectivity index (χ1) is 9.29. The maximum Gasteiger partial charge on any atom is 0.00418 e. The van der Waals surface area contributed by atoms with Gasteiger partial charge in [-0.05, 0) is 36.0 Å². The third kappa shape index (κ3) is 4.22. The number of nitrogens with two attached hydrogens (primary N) is 1. The zero-order valence-corrected chi connectivity index (χ0v) is 11.7. The molecule has 100 valence electrons. The third-order valence-corrected chi connectivity index (χ3v) is 3.50. The summed E-state index contributed by atoms with van der Waals surface area (Å²) in [6.07, 6.45) is 4.44. The molecule has 1 unspecified atom stereocenters. The van der Waals surface area contributed by atoms with Crippen molar-refractivity contribution in [2.45, 2.75) is 38.6 Å². The monoisotopic (exact) mass is 253 g/mol. The molecule has 0 aliphatic rings. The Kier molecular flexibility index (Phi) is 5.17. The molecule has 0 aromatic heterocycles. The zero-order valence-electron chi connectivity index (χ0n) is 11.7. The molecular weight excluding hydrogens is 230 g/mol. The Labute approximate surface area is 116 Å². The van der Waals surface area contributed by atoms with E-state index in [-0.39, 0.29) is 0 Å². The van der Waals surface area contributed by atoms with Crippen LogP contribution in [0.4, 0.5) is 0 Å². The Bertz CT molecular complexity index is 490. The van der Waals surface area contributed by atoms with E-state index in [9.17, 15) is 0 Å². The Balaban J connectivity index is 2.04. The predicted molar refractivity (Wildman–Crippen MR) is 83.1 cm³/mol. The summed E-state index contributed by atoms with van der Waals surface area (Å²) in [6.45, 7) is 2.19. The van der Waals surface area contributed by atoms with Crippen LogP contribution < -0.4 is 5.73 Å². The lowest BCUT2D eigenvalue weighted by atomic mass is 9.98. The summed E-state index contributed by atoms with van der Waals surface area (Å²) in [6, 6.07) is 19.7. The maximum absolute atomic E-state index is 6.08. The number of rotatable bonds is 6. The first kappa shape index (κ1) is 13.8. The van der Waals surface area contributed by atoms with Crippen molar-refractivity contribution in [1.29, 1.82) is 0 Å². The van der Waals surface area contributed by atoms with Gasteiger partial charge in [-0.1, -0.05) is 67.9 Å². The van der Waals surface area contributed by atoms with Crippen LogP contribution >= 0.6 is 0 Å². The van der Waals surface area contributed by atoms with Crippen LogP contribution in [0.1, 0.15) is 31.7 Å². The van der Waals surface area contributed by atoms with Crippen molar-refractivity contribution >= 4 is 0 Å². The van der Waals surface area contributed by atoms with E-state index >= 15 is 0 Å². The second-order valence-corrected chi connectivity index (χ2v) is 5.15. The van der Waals surface area contributed by atoms with Crippen LogP contribution in [-0.2, 0) is 6.42 Å². The van der Waals surface area contributed by atoms with Crippen molar-refractivity contribution in [3.63, 3.8) is 0 Å². The highest BCUT2D eigenvalue weighted by atomic mass is 14.6. The summed E-state index contributed by atoms with van der Waals surface area (Å²) in [5.41, 5.74) is 10.0. The first-order valence-electron chi connectivity index (χ1n) is 7.19. The van der Waals surface area contributed by atoms with Gasteiger partial charge in [0.05, 0.1) is 0 Å². The number of hydrogen-bond acceptors (Lipinski definition) is 1. The van der Waals surface area contributed by atoms with Gasteiger partial charge in [0, 0.05) is 6.04 Å². The molecule has 0 heterocycles. The van der Waals surface area contributed by atoms with Crippen molar-refractivity contribution in [2.24, 2.45) is 5.73 Å². The van der Waals surface area contributed by atoms with Gasteiger partial charge in [0.25, 0.3) is 0 Å². The minimum atomic E-state index is 0.338. The van der Waals surface area contributed by atoms with Crippen molar-refractivity contribution in [1.82, 2.24) is 0 Å². The Morgan fingerprint density at radius 3 is 2.37 bits per heavy atom. The standard InChI is InChI=1S/C18H23N/c1-2-7-18(19)13-12-15-8-6-11-17(14-15)16-9-4-3-5-10-16/h3-6,8-11,14,18H,2,7,12-13,19H2,1H3. The first-order valence-corrected chi connectivity index (χ1v) is 7.19. The molecular formula is C18H23N. The largest absolute Gasteiger partial charge is 0.328 e. The van der Waals surface area contributed by atoms with Crippen LogP contribution in [0, 0.1) is 0 Å². The molecule has 19 heavy (non-hydrogen) atoms. The van der Waals surface area contributed by atoms with E-state index in [1.165, 1.54) is 23.1 Å². The quantitative estimate of drug-likeness (QED) is 0.810. The average molecular weight is 253 g/mol. The molecule has 0 bridgehead atoms. The number of benzene rings is 2. The average Bonchev–Trinajstić information content (AvgIpc) is 2.47. The van der Waals surface area contributed by atoms with Gasteiger partial charge in [-0.15, -0.1) is 0 Å². The molecule has 0 radical (unpaired) electrons. The molecule has 2 aromatic rings. The lowest BCUT2D eigenvalue weighted by Crippen LogP contribution is -2.20. The van der Waals surface area contributed by atoms with Gasteiger partial charge >= 0.3 is 0 Å². The van der Waals surface area contributed by atoms with Crippen LogP contribution in [0.5, 0.6) is 0 Å².